The van der Waals surface area contributed by atoms with Crippen LogP contribution in [0.15, 0.2) is 24.3 Å². The van der Waals surface area contributed by atoms with Gasteiger partial charge in [0.05, 0.1) is 5.60 Å². The Hall–Kier alpha value is -1.59. The van der Waals surface area contributed by atoms with Crippen LogP contribution in [0.25, 0.3) is 0 Å². The minimum Gasteiger partial charge on any atom is -0.389 e. The van der Waals surface area contributed by atoms with Crippen molar-refractivity contribution in [1.29, 1.82) is 0 Å². The normalized spacial score (nSPS) is 26.9. The lowest BCUT2D eigenvalue weighted by atomic mass is 9.79. The van der Waals surface area contributed by atoms with E-state index < -0.39 is 5.60 Å². The number of ether oxygens (including phenoxy) is 1. The van der Waals surface area contributed by atoms with Gasteiger partial charge in [0.15, 0.2) is 0 Å². The SMILES string of the molecule is COCC[C@]1(O)CCN(C(=O)c2ccc(N3CCCC3)cc2)C[C@H]1C. The van der Waals surface area contributed by atoms with Gasteiger partial charge in [-0.05, 0) is 49.9 Å². The van der Waals surface area contributed by atoms with Crippen LogP contribution in [0.1, 0.15) is 43.0 Å². The largest absolute Gasteiger partial charge is 0.389 e. The van der Waals surface area contributed by atoms with Crippen molar-refractivity contribution in [3.8, 4) is 0 Å². The second kappa shape index (κ2) is 7.75. The fourth-order valence-electron chi connectivity index (χ4n) is 3.97. The molecule has 2 aliphatic rings. The van der Waals surface area contributed by atoms with Gasteiger partial charge >= 0.3 is 0 Å². The molecule has 0 aromatic heterocycles. The molecule has 1 N–H and O–H groups in total. The lowest BCUT2D eigenvalue weighted by molar-refractivity contribution is -0.0750. The summed E-state index contributed by atoms with van der Waals surface area (Å²) in [5, 5.41) is 10.8. The first-order valence-corrected chi connectivity index (χ1v) is 9.39. The fourth-order valence-corrected chi connectivity index (χ4v) is 3.97. The Morgan fingerprint density at radius 3 is 2.52 bits per heavy atom. The summed E-state index contributed by atoms with van der Waals surface area (Å²) < 4.78 is 5.11. The van der Waals surface area contributed by atoms with Gasteiger partial charge in [0.25, 0.3) is 5.91 Å². The molecule has 2 fully saturated rings. The molecule has 3 rings (SSSR count). The van der Waals surface area contributed by atoms with Gasteiger partial charge in [0.2, 0.25) is 0 Å². The summed E-state index contributed by atoms with van der Waals surface area (Å²) >= 11 is 0. The predicted molar refractivity (Wildman–Crippen MR) is 99.0 cm³/mol. The number of aliphatic hydroxyl groups is 1. The molecular weight excluding hydrogens is 316 g/mol. The van der Waals surface area contributed by atoms with Crippen molar-refractivity contribution in [2.45, 2.75) is 38.2 Å². The highest BCUT2D eigenvalue weighted by Crippen LogP contribution is 2.31. The lowest BCUT2D eigenvalue weighted by Gasteiger charge is -2.43. The van der Waals surface area contributed by atoms with Crippen molar-refractivity contribution in [1.82, 2.24) is 4.90 Å². The van der Waals surface area contributed by atoms with Gasteiger partial charge in [0, 0.05) is 57.1 Å². The summed E-state index contributed by atoms with van der Waals surface area (Å²) in [4.78, 5) is 17.0. The second-order valence-corrected chi connectivity index (χ2v) is 7.49. The fraction of sp³-hybridized carbons (Fsp3) is 0.650. The van der Waals surface area contributed by atoms with Crippen molar-refractivity contribution in [2.24, 2.45) is 5.92 Å². The van der Waals surface area contributed by atoms with Crippen LogP contribution in [-0.2, 0) is 4.74 Å². The summed E-state index contributed by atoms with van der Waals surface area (Å²) in [6.45, 7) is 5.97. The zero-order valence-electron chi connectivity index (χ0n) is 15.4. The summed E-state index contributed by atoms with van der Waals surface area (Å²) in [7, 11) is 1.65. The Labute approximate surface area is 150 Å². The highest BCUT2D eigenvalue weighted by atomic mass is 16.5. The van der Waals surface area contributed by atoms with Gasteiger partial charge in [-0.1, -0.05) is 6.92 Å². The molecule has 0 spiro atoms. The highest BCUT2D eigenvalue weighted by Gasteiger charge is 2.39. The smallest absolute Gasteiger partial charge is 0.253 e. The average molecular weight is 346 g/mol. The molecule has 5 nitrogen and oxygen atoms in total. The van der Waals surface area contributed by atoms with Gasteiger partial charge in [0.1, 0.15) is 0 Å². The van der Waals surface area contributed by atoms with E-state index in [9.17, 15) is 9.90 Å². The van der Waals surface area contributed by atoms with Crippen molar-refractivity contribution in [2.75, 3.05) is 44.8 Å². The van der Waals surface area contributed by atoms with E-state index in [-0.39, 0.29) is 11.8 Å². The van der Waals surface area contributed by atoms with E-state index in [4.69, 9.17) is 4.74 Å². The molecule has 25 heavy (non-hydrogen) atoms. The van der Waals surface area contributed by atoms with Gasteiger partial charge in [-0.25, -0.2) is 0 Å². The van der Waals surface area contributed by atoms with E-state index in [1.165, 1.54) is 18.5 Å². The number of rotatable bonds is 5. The first-order valence-electron chi connectivity index (χ1n) is 9.39. The maximum Gasteiger partial charge on any atom is 0.253 e. The van der Waals surface area contributed by atoms with E-state index >= 15 is 0 Å². The van der Waals surface area contributed by atoms with Gasteiger partial charge in [-0.3, -0.25) is 4.79 Å². The molecule has 1 aromatic carbocycles. The zero-order chi connectivity index (χ0) is 17.9. The molecular formula is C20H30N2O3. The van der Waals surface area contributed by atoms with Crippen molar-refractivity contribution >= 4 is 11.6 Å². The number of benzene rings is 1. The van der Waals surface area contributed by atoms with Crippen LogP contribution in [0.2, 0.25) is 0 Å². The number of piperidine rings is 1. The Bertz CT molecular complexity index is 583. The monoisotopic (exact) mass is 346 g/mol. The molecule has 2 heterocycles. The molecule has 1 aromatic rings. The van der Waals surface area contributed by atoms with Crippen LogP contribution in [-0.4, -0.2) is 61.4 Å². The standard InChI is InChI=1S/C20H30N2O3/c1-16-15-22(13-9-20(16,24)10-14-25-2)19(23)17-5-7-18(8-6-17)21-11-3-4-12-21/h5-8,16,24H,3-4,9-15H2,1-2H3/t16-,20-/m1/s1. The summed E-state index contributed by atoms with van der Waals surface area (Å²) in [6.07, 6.45) is 3.73. The highest BCUT2D eigenvalue weighted by molar-refractivity contribution is 5.94. The van der Waals surface area contributed by atoms with Crippen LogP contribution in [0.4, 0.5) is 5.69 Å². The molecule has 0 saturated carbocycles. The quantitative estimate of drug-likeness (QED) is 0.890. The Kier molecular flexibility index (Phi) is 5.64. The third kappa shape index (κ3) is 3.98. The number of methoxy groups -OCH3 is 1. The lowest BCUT2D eigenvalue weighted by Crippen LogP contribution is -2.52. The molecule has 0 aliphatic carbocycles. The molecule has 1 amide bonds. The van der Waals surface area contributed by atoms with E-state index in [0.29, 0.717) is 32.5 Å². The predicted octanol–water partition coefficient (Wildman–Crippen LogP) is 2.54. The Balaban J connectivity index is 1.61. The van der Waals surface area contributed by atoms with Gasteiger partial charge in [-0.2, -0.15) is 0 Å². The summed E-state index contributed by atoms with van der Waals surface area (Å²) in [5.41, 5.74) is 1.21. The molecule has 0 radical (unpaired) electrons. The number of nitrogens with zero attached hydrogens (tertiary/aromatic N) is 2. The third-order valence-corrected chi connectivity index (χ3v) is 5.84. The maximum atomic E-state index is 12.8. The average Bonchev–Trinajstić information content (AvgIpc) is 3.17. The summed E-state index contributed by atoms with van der Waals surface area (Å²) in [6, 6.07) is 7.99. The van der Waals surface area contributed by atoms with Crippen molar-refractivity contribution in [3.63, 3.8) is 0 Å². The zero-order valence-corrected chi connectivity index (χ0v) is 15.4. The number of hydrogen-bond acceptors (Lipinski definition) is 4. The van der Waals surface area contributed by atoms with E-state index in [0.717, 1.165) is 18.7 Å². The van der Waals surface area contributed by atoms with Gasteiger partial charge in [-0.15, -0.1) is 0 Å². The van der Waals surface area contributed by atoms with Crippen LogP contribution in [0.5, 0.6) is 0 Å². The minimum atomic E-state index is -0.730. The first-order chi connectivity index (χ1) is 12.0. The van der Waals surface area contributed by atoms with E-state index in [1.54, 1.807) is 7.11 Å². The third-order valence-electron chi connectivity index (χ3n) is 5.84. The number of hydrogen-bond donors (Lipinski definition) is 1. The molecule has 2 aliphatic heterocycles. The van der Waals surface area contributed by atoms with E-state index in [2.05, 4.69) is 17.0 Å². The molecule has 2 saturated heterocycles. The van der Waals surface area contributed by atoms with Crippen molar-refractivity contribution < 1.29 is 14.6 Å². The molecule has 0 bridgehead atoms. The molecule has 2 atom stereocenters. The molecule has 5 heteroatoms. The second-order valence-electron chi connectivity index (χ2n) is 7.49. The van der Waals surface area contributed by atoms with Crippen LogP contribution >= 0.6 is 0 Å². The number of amides is 1. The number of likely N-dealkylation sites (tertiary alicyclic amines) is 1. The Morgan fingerprint density at radius 2 is 1.92 bits per heavy atom. The van der Waals surface area contributed by atoms with Crippen LogP contribution in [0, 0.1) is 5.92 Å². The molecule has 0 unspecified atom stereocenters. The topological polar surface area (TPSA) is 53.0 Å². The number of anilines is 1. The summed E-state index contributed by atoms with van der Waals surface area (Å²) in [5.74, 6) is 0.109. The molecule has 138 valence electrons. The minimum absolute atomic E-state index is 0.0456. The van der Waals surface area contributed by atoms with Gasteiger partial charge < -0.3 is 19.6 Å². The number of carbonyl (C=O) groups excluding carboxylic acids is 1. The van der Waals surface area contributed by atoms with E-state index in [1.807, 2.05) is 24.0 Å². The Morgan fingerprint density at radius 1 is 1.24 bits per heavy atom. The van der Waals surface area contributed by atoms with Crippen molar-refractivity contribution in [3.05, 3.63) is 29.8 Å². The maximum absolute atomic E-state index is 12.8. The van der Waals surface area contributed by atoms with Crippen LogP contribution in [0.3, 0.4) is 0 Å². The number of carbonyl (C=O) groups is 1. The van der Waals surface area contributed by atoms with Crippen LogP contribution < -0.4 is 4.90 Å². The first kappa shape index (κ1) is 18.2.